The number of benzene rings is 1. The van der Waals surface area contributed by atoms with Gasteiger partial charge in [0.05, 0.1) is 29.0 Å². The summed E-state index contributed by atoms with van der Waals surface area (Å²) in [6, 6.07) is 8.59. The number of carbonyl (C=O) groups excluding carboxylic acids is 1. The van der Waals surface area contributed by atoms with Crippen LogP contribution in [0.5, 0.6) is 0 Å². The monoisotopic (exact) mass is 398 g/mol. The highest BCUT2D eigenvalue weighted by Gasteiger charge is 2.23. The number of likely N-dealkylation sites (tertiary alicyclic amines) is 1. The zero-order valence-corrected chi connectivity index (χ0v) is 17.2. The van der Waals surface area contributed by atoms with Gasteiger partial charge in [0.2, 0.25) is 0 Å². The molecule has 1 saturated heterocycles. The van der Waals surface area contributed by atoms with E-state index in [4.69, 9.17) is 4.98 Å². The van der Waals surface area contributed by atoms with Crippen molar-refractivity contribution in [3.05, 3.63) is 41.2 Å². The number of fused-ring (bicyclic) bond motifs is 1. The molecule has 0 saturated carbocycles. The lowest BCUT2D eigenvalue weighted by molar-refractivity contribution is 0.0944. The Hall–Kier alpha value is -2.32. The van der Waals surface area contributed by atoms with Crippen molar-refractivity contribution in [1.82, 2.24) is 30.2 Å². The van der Waals surface area contributed by atoms with Gasteiger partial charge in [0.25, 0.3) is 5.91 Å². The van der Waals surface area contributed by atoms with Crippen molar-refractivity contribution in [2.75, 3.05) is 19.6 Å². The average Bonchev–Trinajstić information content (AvgIpc) is 3.33. The molecule has 0 radical (unpaired) electrons. The van der Waals surface area contributed by atoms with Crippen LogP contribution in [0.1, 0.15) is 48.2 Å². The molecule has 3 heterocycles. The maximum absolute atomic E-state index is 12.1. The van der Waals surface area contributed by atoms with Crippen molar-refractivity contribution in [3.8, 4) is 0 Å². The highest BCUT2D eigenvalue weighted by atomic mass is 32.1. The molecule has 1 fully saturated rings. The normalized spacial score (nSPS) is 16.1. The Kier molecular flexibility index (Phi) is 5.68. The first-order valence-corrected chi connectivity index (χ1v) is 10.7. The van der Waals surface area contributed by atoms with Crippen LogP contribution in [0.3, 0.4) is 0 Å². The summed E-state index contributed by atoms with van der Waals surface area (Å²) in [6.45, 7) is 7.67. The number of nitrogens with one attached hydrogen (secondary N) is 1. The molecule has 2 aromatic heterocycles. The number of aromatic nitrogens is 4. The topological polar surface area (TPSA) is 75.9 Å². The minimum atomic E-state index is -0.145. The summed E-state index contributed by atoms with van der Waals surface area (Å²) in [6.07, 6.45) is 3.78. The fourth-order valence-electron chi connectivity index (χ4n) is 3.47. The van der Waals surface area contributed by atoms with Gasteiger partial charge < -0.3 is 5.32 Å². The van der Waals surface area contributed by atoms with Crippen molar-refractivity contribution < 1.29 is 4.79 Å². The van der Waals surface area contributed by atoms with Crippen LogP contribution in [0.15, 0.2) is 30.5 Å². The molecular formula is C20H26N6OS. The van der Waals surface area contributed by atoms with Gasteiger partial charge in [-0.1, -0.05) is 31.2 Å². The van der Waals surface area contributed by atoms with E-state index < -0.39 is 0 Å². The van der Waals surface area contributed by atoms with Crippen molar-refractivity contribution in [3.63, 3.8) is 0 Å². The molecule has 0 unspecified atom stereocenters. The van der Waals surface area contributed by atoms with Crippen molar-refractivity contribution >= 4 is 27.5 Å². The van der Waals surface area contributed by atoms with E-state index in [0.717, 1.165) is 38.0 Å². The Morgan fingerprint density at radius 1 is 1.29 bits per heavy atom. The van der Waals surface area contributed by atoms with Crippen LogP contribution in [0, 0.1) is 5.92 Å². The van der Waals surface area contributed by atoms with Crippen LogP contribution in [-0.4, -0.2) is 50.4 Å². The molecule has 1 aromatic carbocycles. The molecule has 3 aromatic rings. The standard InChI is InChI=1S/C20H26N6OS/c1-14(2)11-21-20(27)17-12-26(24-23-17)15-7-9-25(10-8-15)13-19-22-16-5-3-4-6-18(16)28-19/h3-6,12,14-15H,7-11,13H2,1-2H3,(H,21,27). The molecule has 28 heavy (non-hydrogen) atoms. The summed E-state index contributed by atoms with van der Waals surface area (Å²) >= 11 is 1.78. The summed E-state index contributed by atoms with van der Waals surface area (Å²) in [5, 5.41) is 12.3. The molecule has 0 spiro atoms. The van der Waals surface area contributed by atoms with Crippen LogP contribution in [-0.2, 0) is 6.54 Å². The number of para-hydroxylation sites is 1. The molecule has 0 atom stereocenters. The second kappa shape index (κ2) is 8.36. The molecule has 1 aliphatic heterocycles. The SMILES string of the molecule is CC(C)CNC(=O)c1cn(C2CCN(Cc3nc4ccccc4s3)CC2)nn1. The highest BCUT2D eigenvalue weighted by molar-refractivity contribution is 7.18. The van der Waals surface area contributed by atoms with Crippen LogP contribution in [0.25, 0.3) is 10.2 Å². The van der Waals surface area contributed by atoms with E-state index in [-0.39, 0.29) is 5.91 Å². The van der Waals surface area contributed by atoms with Crippen molar-refractivity contribution in [1.29, 1.82) is 0 Å². The number of hydrogen-bond acceptors (Lipinski definition) is 6. The van der Waals surface area contributed by atoms with Gasteiger partial charge in [-0.05, 0) is 30.9 Å². The van der Waals surface area contributed by atoms with E-state index in [1.54, 1.807) is 17.5 Å². The fraction of sp³-hybridized carbons (Fsp3) is 0.500. The first-order chi connectivity index (χ1) is 13.6. The second-order valence-electron chi connectivity index (χ2n) is 7.77. The maximum Gasteiger partial charge on any atom is 0.273 e. The van der Waals surface area contributed by atoms with Crippen molar-refractivity contribution in [2.24, 2.45) is 5.92 Å². The Morgan fingerprint density at radius 3 is 2.82 bits per heavy atom. The fourth-order valence-corrected chi connectivity index (χ4v) is 4.48. The first-order valence-electron chi connectivity index (χ1n) is 9.85. The van der Waals surface area contributed by atoms with E-state index in [0.29, 0.717) is 24.2 Å². The summed E-state index contributed by atoms with van der Waals surface area (Å²) in [5.74, 6) is 0.270. The maximum atomic E-state index is 12.1. The number of nitrogens with zero attached hydrogens (tertiary/aromatic N) is 5. The van der Waals surface area contributed by atoms with Gasteiger partial charge in [-0.2, -0.15) is 0 Å². The first kappa shape index (κ1) is 19.0. The van der Waals surface area contributed by atoms with E-state index in [1.807, 2.05) is 10.7 Å². The van der Waals surface area contributed by atoms with E-state index in [9.17, 15) is 4.79 Å². The molecule has 1 amide bonds. The van der Waals surface area contributed by atoms with Crippen LogP contribution in [0.2, 0.25) is 0 Å². The number of rotatable bonds is 6. The second-order valence-corrected chi connectivity index (χ2v) is 8.89. The zero-order valence-electron chi connectivity index (χ0n) is 16.3. The third kappa shape index (κ3) is 4.39. The van der Waals surface area contributed by atoms with Gasteiger partial charge in [0.1, 0.15) is 5.01 Å². The molecule has 7 nitrogen and oxygen atoms in total. The molecule has 0 aliphatic carbocycles. The number of thiazole rings is 1. The lowest BCUT2D eigenvalue weighted by Gasteiger charge is -2.31. The Morgan fingerprint density at radius 2 is 2.07 bits per heavy atom. The Labute approximate surface area is 168 Å². The predicted molar refractivity (Wildman–Crippen MR) is 110 cm³/mol. The number of carbonyl (C=O) groups is 1. The highest BCUT2D eigenvalue weighted by Crippen LogP contribution is 2.26. The van der Waals surface area contributed by atoms with E-state index in [1.165, 1.54) is 9.71 Å². The van der Waals surface area contributed by atoms with Gasteiger partial charge in [-0.3, -0.25) is 9.69 Å². The number of amides is 1. The van der Waals surface area contributed by atoms with Crippen LogP contribution < -0.4 is 5.32 Å². The zero-order chi connectivity index (χ0) is 19.5. The largest absolute Gasteiger partial charge is 0.350 e. The summed E-state index contributed by atoms with van der Waals surface area (Å²) in [5.41, 5.74) is 1.49. The number of hydrogen-bond donors (Lipinski definition) is 1. The lowest BCUT2D eigenvalue weighted by atomic mass is 10.1. The third-order valence-electron chi connectivity index (χ3n) is 5.04. The molecule has 4 rings (SSSR count). The van der Waals surface area contributed by atoms with Gasteiger partial charge in [-0.25, -0.2) is 9.67 Å². The molecule has 0 bridgehead atoms. The lowest BCUT2D eigenvalue weighted by Crippen LogP contribution is -2.34. The predicted octanol–water partition coefficient (Wildman–Crippen LogP) is 3.11. The van der Waals surface area contributed by atoms with Crippen LogP contribution >= 0.6 is 11.3 Å². The molecule has 148 valence electrons. The summed E-state index contributed by atoms with van der Waals surface area (Å²) in [4.78, 5) is 19.3. The third-order valence-corrected chi connectivity index (χ3v) is 6.06. The Balaban J connectivity index is 1.31. The molecule has 1 N–H and O–H groups in total. The molecule has 1 aliphatic rings. The minimum absolute atomic E-state index is 0.145. The van der Waals surface area contributed by atoms with Gasteiger partial charge in [0, 0.05) is 19.6 Å². The smallest absolute Gasteiger partial charge is 0.273 e. The summed E-state index contributed by atoms with van der Waals surface area (Å²) < 4.78 is 3.11. The van der Waals surface area contributed by atoms with E-state index in [2.05, 4.69) is 52.6 Å². The van der Waals surface area contributed by atoms with Gasteiger partial charge in [0.15, 0.2) is 5.69 Å². The number of piperidine rings is 1. The Bertz CT molecular complexity index is 908. The van der Waals surface area contributed by atoms with Gasteiger partial charge in [-0.15, -0.1) is 16.4 Å². The molecular weight excluding hydrogens is 372 g/mol. The molecule has 8 heteroatoms. The van der Waals surface area contributed by atoms with Crippen LogP contribution in [0.4, 0.5) is 0 Å². The van der Waals surface area contributed by atoms with Gasteiger partial charge >= 0.3 is 0 Å². The minimum Gasteiger partial charge on any atom is -0.350 e. The van der Waals surface area contributed by atoms with Crippen molar-refractivity contribution in [2.45, 2.75) is 39.3 Å². The average molecular weight is 399 g/mol. The van der Waals surface area contributed by atoms with E-state index >= 15 is 0 Å². The summed E-state index contributed by atoms with van der Waals surface area (Å²) in [7, 11) is 0. The quantitative estimate of drug-likeness (QED) is 0.690.